The number of benzene rings is 2. The van der Waals surface area contributed by atoms with E-state index in [1.54, 1.807) is 0 Å². The first-order valence-corrected chi connectivity index (χ1v) is 9.47. The zero-order valence-corrected chi connectivity index (χ0v) is 16.0. The van der Waals surface area contributed by atoms with Gasteiger partial charge in [0.15, 0.2) is 0 Å². The van der Waals surface area contributed by atoms with Gasteiger partial charge in [0.2, 0.25) is 0 Å². The van der Waals surface area contributed by atoms with Gasteiger partial charge in [0.25, 0.3) is 5.92 Å². The van der Waals surface area contributed by atoms with Gasteiger partial charge in [-0.3, -0.25) is 4.90 Å². The average Bonchev–Trinajstić information content (AvgIpc) is 2.99. The minimum absolute atomic E-state index is 0.0237. The third-order valence-corrected chi connectivity index (χ3v) is 5.44. The van der Waals surface area contributed by atoms with E-state index in [4.69, 9.17) is 0 Å². The van der Waals surface area contributed by atoms with Gasteiger partial charge in [-0.05, 0) is 53.6 Å². The van der Waals surface area contributed by atoms with Crippen molar-refractivity contribution in [1.29, 1.82) is 0 Å². The summed E-state index contributed by atoms with van der Waals surface area (Å²) in [6.07, 6.45) is 4.89. The number of hydrogen-bond acceptors (Lipinski definition) is 2. The van der Waals surface area contributed by atoms with E-state index in [2.05, 4.69) is 37.3 Å². The van der Waals surface area contributed by atoms with Crippen LogP contribution in [0.2, 0.25) is 0 Å². The van der Waals surface area contributed by atoms with Crippen LogP contribution in [0, 0.1) is 13.8 Å². The normalized spacial score (nSPS) is 17.1. The van der Waals surface area contributed by atoms with Crippen molar-refractivity contribution in [2.24, 2.45) is 0 Å². The van der Waals surface area contributed by atoms with Gasteiger partial charge in [0, 0.05) is 19.5 Å². The van der Waals surface area contributed by atoms with Crippen molar-refractivity contribution in [2.75, 3.05) is 19.6 Å². The van der Waals surface area contributed by atoms with Gasteiger partial charge >= 0.3 is 0 Å². The molecule has 1 saturated heterocycles. The fourth-order valence-corrected chi connectivity index (χ4v) is 3.74. The molecule has 0 aromatic heterocycles. The molecule has 1 N–H and O–H groups in total. The number of aliphatic hydroxyl groups is 1. The molecule has 1 aliphatic rings. The maximum Gasteiger partial charge on any atom is 0.261 e. The van der Waals surface area contributed by atoms with E-state index in [1.807, 2.05) is 30.0 Å². The molecule has 0 spiro atoms. The molecule has 0 unspecified atom stereocenters. The quantitative estimate of drug-likeness (QED) is 0.754. The number of aliphatic hydroxyl groups excluding tert-OH is 1. The van der Waals surface area contributed by atoms with E-state index < -0.39 is 5.92 Å². The van der Waals surface area contributed by atoms with Crippen molar-refractivity contribution in [1.82, 2.24) is 4.90 Å². The summed E-state index contributed by atoms with van der Waals surface area (Å²) in [4.78, 5) is 1.83. The van der Waals surface area contributed by atoms with Crippen LogP contribution in [0.4, 0.5) is 8.78 Å². The molecule has 0 aliphatic carbocycles. The molecule has 2 aromatic rings. The van der Waals surface area contributed by atoms with E-state index in [0.717, 1.165) is 34.2 Å². The summed E-state index contributed by atoms with van der Waals surface area (Å²) in [6.45, 7) is 5.21. The molecule has 1 aliphatic heterocycles. The van der Waals surface area contributed by atoms with Crippen LogP contribution in [-0.4, -0.2) is 35.6 Å². The van der Waals surface area contributed by atoms with E-state index in [1.165, 1.54) is 5.56 Å². The smallest absolute Gasteiger partial charge is 0.261 e. The van der Waals surface area contributed by atoms with Crippen LogP contribution in [-0.2, 0) is 6.61 Å². The second-order valence-electron chi connectivity index (χ2n) is 7.34. The number of nitrogens with zero attached hydrogens (tertiary/aromatic N) is 1. The Morgan fingerprint density at radius 2 is 1.78 bits per heavy atom. The van der Waals surface area contributed by atoms with Gasteiger partial charge < -0.3 is 5.11 Å². The highest BCUT2D eigenvalue weighted by molar-refractivity contribution is 5.75. The average molecular weight is 371 g/mol. The Bertz CT molecular complexity index is 829. The first kappa shape index (κ1) is 19.7. The van der Waals surface area contributed by atoms with Crippen molar-refractivity contribution >= 4 is 6.08 Å². The SMILES string of the molecule is Cc1c(/C=C/CCN2CCC(F)(F)C2)cccc1-c1cccc(CO)c1C. The van der Waals surface area contributed by atoms with Crippen LogP contribution in [0.5, 0.6) is 0 Å². The van der Waals surface area contributed by atoms with Crippen LogP contribution in [0.15, 0.2) is 42.5 Å². The lowest BCUT2D eigenvalue weighted by Gasteiger charge is -2.15. The summed E-state index contributed by atoms with van der Waals surface area (Å²) in [5.41, 5.74) is 6.64. The number of halogens is 2. The molecular formula is C23H27F2NO. The Kier molecular flexibility index (Phi) is 6.08. The van der Waals surface area contributed by atoms with Gasteiger partial charge in [-0.15, -0.1) is 0 Å². The number of hydrogen-bond donors (Lipinski definition) is 1. The zero-order valence-electron chi connectivity index (χ0n) is 16.0. The highest BCUT2D eigenvalue weighted by Crippen LogP contribution is 2.31. The summed E-state index contributed by atoms with van der Waals surface area (Å²) < 4.78 is 26.5. The first-order chi connectivity index (χ1) is 12.9. The molecule has 0 radical (unpaired) electrons. The van der Waals surface area contributed by atoms with Crippen LogP contribution in [0.1, 0.15) is 35.1 Å². The second kappa shape index (κ2) is 8.32. The minimum Gasteiger partial charge on any atom is -0.392 e. The summed E-state index contributed by atoms with van der Waals surface area (Å²) in [7, 11) is 0. The molecule has 3 rings (SSSR count). The van der Waals surface area contributed by atoms with E-state index in [0.29, 0.717) is 13.1 Å². The highest BCUT2D eigenvalue weighted by atomic mass is 19.3. The maximum atomic E-state index is 13.2. The molecule has 0 saturated carbocycles. The fourth-order valence-electron chi connectivity index (χ4n) is 3.74. The lowest BCUT2D eigenvalue weighted by atomic mass is 9.91. The van der Waals surface area contributed by atoms with Crippen molar-refractivity contribution in [3.63, 3.8) is 0 Å². The predicted octanol–water partition coefficient (Wildman–Crippen LogP) is 5.21. The lowest BCUT2D eigenvalue weighted by Crippen LogP contribution is -2.25. The number of likely N-dealkylation sites (tertiary alicyclic amines) is 1. The molecular weight excluding hydrogens is 344 g/mol. The van der Waals surface area contributed by atoms with Crippen LogP contribution < -0.4 is 0 Å². The lowest BCUT2D eigenvalue weighted by molar-refractivity contribution is 0.0124. The molecule has 27 heavy (non-hydrogen) atoms. The molecule has 0 atom stereocenters. The van der Waals surface area contributed by atoms with Gasteiger partial charge in [0.05, 0.1) is 13.2 Å². The third-order valence-electron chi connectivity index (χ3n) is 5.44. The molecule has 1 fully saturated rings. The van der Waals surface area contributed by atoms with E-state index in [-0.39, 0.29) is 19.6 Å². The van der Waals surface area contributed by atoms with Crippen LogP contribution in [0.3, 0.4) is 0 Å². The minimum atomic E-state index is -2.52. The third kappa shape index (κ3) is 4.63. The highest BCUT2D eigenvalue weighted by Gasteiger charge is 2.37. The van der Waals surface area contributed by atoms with Crippen molar-refractivity contribution in [3.8, 4) is 11.1 Å². The Morgan fingerprint density at radius 1 is 1.07 bits per heavy atom. The van der Waals surface area contributed by atoms with Crippen molar-refractivity contribution in [2.45, 2.75) is 39.2 Å². The van der Waals surface area contributed by atoms with Gasteiger partial charge in [0.1, 0.15) is 0 Å². The molecule has 2 aromatic carbocycles. The van der Waals surface area contributed by atoms with E-state index in [9.17, 15) is 13.9 Å². The van der Waals surface area contributed by atoms with Gasteiger partial charge in [-0.1, -0.05) is 48.6 Å². The largest absolute Gasteiger partial charge is 0.392 e. The molecule has 144 valence electrons. The maximum absolute atomic E-state index is 13.2. The topological polar surface area (TPSA) is 23.5 Å². The van der Waals surface area contributed by atoms with E-state index >= 15 is 0 Å². The zero-order chi connectivity index (χ0) is 19.4. The number of rotatable bonds is 6. The first-order valence-electron chi connectivity index (χ1n) is 9.47. The summed E-state index contributed by atoms with van der Waals surface area (Å²) in [5.74, 6) is -2.52. The van der Waals surface area contributed by atoms with Crippen LogP contribution >= 0.6 is 0 Å². The Labute approximate surface area is 160 Å². The Balaban J connectivity index is 1.72. The Morgan fingerprint density at radius 3 is 2.44 bits per heavy atom. The molecule has 0 amide bonds. The van der Waals surface area contributed by atoms with Crippen LogP contribution in [0.25, 0.3) is 17.2 Å². The summed E-state index contributed by atoms with van der Waals surface area (Å²) in [5, 5.41) is 9.52. The molecule has 4 heteroatoms. The fraction of sp³-hybridized carbons (Fsp3) is 0.391. The monoisotopic (exact) mass is 371 g/mol. The predicted molar refractivity (Wildman–Crippen MR) is 107 cm³/mol. The molecule has 2 nitrogen and oxygen atoms in total. The number of alkyl halides is 2. The second-order valence-corrected chi connectivity index (χ2v) is 7.34. The Hall–Kier alpha value is -2.04. The summed E-state index contributed by atoms with van der Waals surface area (Å²) >= 11 is 0. The van der Waals surface area contributed by atoms with Crippen molar-refractivity contribution in [3.05, 3.63) is 64.7 Å². The molecule has 1 heterocycles. The molecule has 0 bridgehead atoms. The van der Waals surface area contributed by atoms with Crippen molar-refractivity contribution < 1.29 is 13.9 Å². The standard InChI is InChI=1S/C23H27F2NO/c1-17-19(7-3-4-13-26-14-12-23(24,25)16-26)8-5-10-21(17)22-11-6-9-20(15-27)18(22)2/h3,5-11,27H,4,12-16H2,1-2H3/b7-3+. The van der Waals surface area contributed by atoms with Gasteiger partial charge in [-0.25, -0.2) is 8.78 Å². The summed E-state index contributed by atoms with van der Waals surface area (Å²) in [6, 6.07) is 12.2. The van der Waals surface area contributed by atoms with Gasteiger partial charge in [-0.2, -0.15) is 0 Å².